The Morgan fingerprint density at radius 2 is 2.04 bits per heavy atom. The van der Waals surface area contributed by atoms with Crippen molar-refractivity contribution in [1.82, 2.24) is 9.36 Å². The van der Waals surface area contributed by atoms with Crippen molar-refractivity contribution in [1.29, 1.82) is 0 Å². The fourth-order valence-corrected chi connectivity index (χ4v) is 3.62. The number of aromatic nitrogens is 2. The Kier molecular flexibility index (Phi) is 5.94. The molecule has 0 bridgehead atoms. The molecule has 1 amide bonds. The zero-order valence-electron chi connectivity index (χ0n) is 13.9. The molecule has 0 unspecified atom stereocenters. The van der Waals surface area contributed by atoms with Crippen LogP contribution in [0.2, 0.25) is 0 Å². The molecular formula is C16H15F2N5O2S2. The number of nitrogens with zero attached hydrogens (tertiary/aromatic N) is 2. The quantitative estimate of drug-likeness (QED) is 0.515. The highest BCUT2D eigenvalue weighted by molar-refractivity contribution is 7.19. The van der Waals surface area contributed by atoms with Crippen molar-refractivity contribution in [2.45, 2.75) is 6.42 Å². The summed E-state index contributed by atoms with van der Waals surface area (Å²) in [4.78, 5) is 16.5. The summed E-state index contributed by atoms with van der Waals surface area (Å²) in [5.41, 5.74) is 11.2. The van der Waals surface area contributed by atoms with Gasteiger partial charge < -0.3 is 21.5 Å². The number of nitrogens with one attached hydrogen (secondary N) is 1. The zero-order chi connectivity index (χ0) is 19.4. The molecule has 3 aromatic rings. The fourth-order valence-electron chi connectivity index (χ4n) is 2.15. The number of ether oxygens (including phenoxy) is 1. The smallest absolute Gasteiger partial charge is 0.277 e. The molecule has 0 aliphatic carbocycles. The van der Waals surface area contributed by atoms with E-state index < -0.39 is 17.5 Å². The predicted octanol–water partition coefficient (Wildman–Crippen LogP) is 3.11. The van der Waals surface area contributed by atoms with Crippen molar-refractivity contribution in [3.63, 3.8) is 0 Å². The van der Waals surface area contributed by atoms with E-state index in [0.717, 1.165) is 35.0 Å². The lowest BCUT2D eigenvalue weighted by atomic mass is 10.2. The molecule has 0 atom stereocenters. The summed E-state index contributed by atoms with van der Waals surface area (Å²) in [5, 5.41) is 3.04. The predicted molar refractivity (Wildman–Crippen MR) is 101 cm³/mol. The third kappa shape index (κ3) is 4.21. The van der Waals surface area contributed by atoms with E-state index in [1.807, 2.05) is 0 Å². The summed E-state index contributed by atoms with van der Waals surface area (Å²) in [6, 6.07) is 3.46. The minimum Gasteiger partial charge on any atom is -0.481 e. The Morgan fingerprint density at radius 3 is 2.74 bits per heavy atom. The van der Waals surface area contributed by atoms with Crippen LogP contribution in [0, 0.1) is 11.6 Å². The van der Waals surface area contributed by atoms with Crippen LogP contribution in [0.5, 0.6) is 5.06 Å². The van der Waals surface area contributed by atoms with Crippen LogP contribution in [0.25, 0.3) is 10.6 Å². The average molecular weight is 411 g/mol. The highest BCUT2D eigenvalue weighted by atomic mass is 32.1. The first kappa shape index (κ1) is 19.1. The third-order valence-corrected chi connectivity index (χ3v) is 5.03. The van der Waals surface area contributed by atoms with Gasteiger partial charge in [0.05, 0.1) is 18.4 Å². The second kappa shape index (κ2) is 8.37. The van der Waals surface area contributed by atoms with Crippen molar-refractivity contribution in [2.75, 3.05) is 24.2 Å². The van der Waals surface area contributed by atoms with Crippen molar-refractivity contribution in [3.05, 3.63) is 41.7 Å². The number of carbonyl (C=O) groups excluding carboxylic acids is 1. The first-order valence-corrected chi connectivity index (χ1v) is 9.39. The second-order valence-electron chi connectivity index (χ2n) is 5.30. The number of anilines is 2. The Bertz CT molecular complexity index is 940. The van der Waals surface area contributed by atoms with Crippen LogP contribution in [0.3, 0.4) is 0 Å². The summed E-state index contributed by atoms with van der Waals surface area (Å²) in [5.74, 6) is -2.20. The molecule has 0 aliphatic rings. The van der Waals surface area contributed by atoms with Gasteiger partial charge in [-0.2, -0.15) is 4.37 Å². The van der Waals surface area contributed by atoms with Crippen LogP contribution in [-0.2, 0) is 0 Å². The maximum absolute atomic E-state index is 13.9. The van der Waals surface area contributed by atoms with Crippen molar-refractivity contribution < 1.29 is 18.3 Å². The molecule has 0 saturated carbocycles. The van der Waals surface area contributed by atoms with E-state index >= 15 is 0 Å². The molecule has 0 saturated heterocycles. The molecule has 0 fully saturated rings. The van der Waals surface area contributed by atoms with E-state index in [-0.39, 0.29) is 21.3 Å². The van der Waals surface area contributed by atoms with Crippen LogP contribution < -0.4 is 21.5 Å². The van der Waals surface area contributed by atoms with Gasteiger partial charge in [0.15, 0.2) is 5.69 Å². The fraction of sp³-hybridized carbons (Fsp3) is 0.188. The van der Waals surface area contributed by atoms with Gasteiger partial charge in [-0.1, -0.05) is 17.4 Å². The summed E-state index contributed by atoms with van der Waals surface area (Å²) in [7, 11) is 0. The molecule has 7 nitrogen and oxygen atoms in total. The van der Waals surface area contributed by atoms with Crippen LogP contribution in [0.15, 0.2) is 24.4 Å². The SMILES string of the molecule is NCCCOc1sncc1NC(=O)c1nc(-c2c(F)cccc2F)sc1N. The van der Waals surface area contributed by atoms with E-state index in [1.165, 1.54) is 12.3 Å². The van der Waals surface area contributed by atoms with Crippen molar-refractivity contribution in [2.24, 2.45) is 5.73 Å². The van der Waals surface area contributed by atoms with Gasteiger partial charge in [0.2, 0.25) is 5.06 Å². The lowest BCUT2D eigenvalue weighted by molar-refractivity contribution is 0.102. The molecule has 2 heterocycles. The average Bonchev–Trinajstić information content (AvgIpc) is 3.22. The lowest BCUT2D eigenvalue weighted by Crippen LogP contribution is -2.14. The Balaban J connectivity index is 1.81. The number of hydrogen-bond acceptors (Lipinski definition) is 8. The van der Waals surface area contributed by atoms with Crippen LogP contribution in [0.4, 0.5) is 19.5 Å². The van der Waals surface area contributed by atoms with Gasteiger partial charge in [-0.15, -0.1) is 0 Å². The number of carbonyl (C=O) groups is 1. The van der Waals surface area contributed by atoms with Gasteiger partial charge >= 0.3 is 0 Å². The number of benzene rings is 1. The monoisotopic (exact) mass is 411 g/mol. The van der Waals surface area contributed by atoms with E-state index in [2.05, 4.69) is 14.7 Å². The Labute approximate surface area is 161 Å². The normalized spacial score (nSPS) is 10.8. The Hall–Kier alpha value is -2.63. The lowest BCUT2D eigenvalue weighted by Gasteiger charge is -2.06. The van der Waals surface area contributed by atoms with Gasteiger partial charge in [0, 0.05) is 11.5 Å². The number of rotatable bonds is 7. The van der Waals surface area contributed by atoms with E-state index in [1.54, 1.807) is 0 Å². The van der Waals surface area contributed by atoms with Gasteiger partial charge in [0.1, 0.15) is 27.3 Å². The standard InChI is InChI=1S/C16H15F2N5O2S2/c17-8-3-1-4-9(18)11(8)15-23-12(13(20)26-15)14(24)22-10-7-21-27-16(10)25-6-2-5-19/h1,3-4,7H,2,5-6,19-20H2,(H,22,24). The molecule has 0 spiro atoms. The summed E-state index contributed by atoms with van der Waals surface area (Å²) in [6.45, 7) is 0.863. The second-order valence-corrected chi connectivity index (χ2v) is 7.10. The summed E-state index contributed by atoms with van der Waals surface area (Å²) < 4.78 is 37.3. The Morgan fingerprint density at radius 1 is 1.30 bits per heavy atom. The van der Waals surface area contributed by atoms with Crippen LogP contribution in [-0.4, -0.2) is 28.4 Å². The largest absolute Gasteiger partial charge is 0.481 e. The molecule has 3 rings (SSSR count). The van der Waals surface area contributed by atoms with E-state index in [0.29, 0.717) is 30.3 Å². The van der Waals surface area contributed by atoms with Crippen molar-refractivity contribution >= 4 is 39.5 Å². The minimum atomic E-state index is -0.784. The molecule has 2 aromatic heterocycles. The molecule has 27 heavy (non-hydrogen) atoms. The number of nitrogens with two attached hydrogens (primary N) is 2. The first-order valence-electron chi connectivity index (χ1n) is 7.80. The molecular weight excluding hydrogens is 396 g/mol. The van der Waals surface area contributed by atoms with Crippen LogP contribution in [0.1, 0.15) is 16.9 Å². The van der Waals surface area contributed by atoms with Crippen molar-refractivity contribution in [3.8, 4) is 15.6 Å². The summed E-state index contributed by atoms with van der Waals surface area (Å²) >= 11 is 1.90. The maximum Gasteiger partial charge on any atom is 0.277 e. The molecule has 1 aromatic carbocycles. The molecule has 11 heteroatoms. The van der Waals surface area contributed by atoms with Gasteiger partial charge in [0.25, 0.3) is 5.91 Å². The van der Waals surface area contributed by atoms with Gasteiger partial charge in [-0.05, 0) is 25.1 Å². The zero-order valence-corrected chi connectivity index (χ0v) is 15.5. The van der Waals surface area contributed by atoms with E-state index in [9.17, 15) is 13.6 Å². The molecule has 0 aliphatic heterocycles. The number of nitrogen functional groups attached to an aromatic ring is 1. The topological polar surface area (TPSA) is 116 Å². The van der Waals surface area contributed by atoms with E-state index in [4.69, 9.17) is 16.2 Å². The molecule has 5 N–H and O–H groups in total. The molecule has 0 radical (unpaired) electrons. The number of hydrogen-bond donors (Lipinski definition) is 3. The minimum absolute atomic E-state index is 0.0175. The first-order chi connectivity index (χ1) is 13.0. The summed E-state index contributed by atoms with van der Waals surface area (Å²) in [6.07, 6.45) is 2.09. The van der Waals surface area contributed by atoms with Gasteiger partial charge in [-0.3, -0.25) is 4.79 Å². The van der Waals surface area contributed by atoms with Gasteiger partial charge in [-0.25, -0.2) is 13.8 Å². The number of thiazole rings is 1. The number of halogens is 2. The molecule has 142 valence electrons. The maximum atomic E-state index is 13.9. The highest BCUT2D eigenvalue weighted by Gasteiger charge is 2.22. The number of amides is 1. The third-order valence-electron chi connectivity index (χ3n) is 3.41. The highest BCUT2D eigenvalue weighted by Crippen LogP contribution is 2.34. The van der Waals surface area contributed by atoms with Crippen LogP contribution >= 0.6 is 22.9 Å².